The molecule has 1 aromatic rings. The van der Waals surface area contributed by atoms with Crippen LogP contribution in [0.4, 0.5) is 14.5 Å². The molecule has 0 bridgehead atoms. The van der Waals surface area contributed by atoms with Crippen molar-refractivity contribution in [3.8, 4) is 5.75 Å². The molecule has 0 saturated heterocycles. The lowest BCUT2D eigenvalue weighted by Gasteiger charge is -2.12. The molecule has 1 aromatic carbocycles. The number of nitrogens with two attached hydrogens (primary N) is 1. The van der Waals surface area contributed by atoms with E-state index < -0.39 is 11.6 Å². The van der Waals surface area contributed by atoms with Crippen molar-refractivity contribution < 1.29 is 13.5 Å². The Kier molecular flexibility index (Phi) is 4.49. The third-order valence-corrected chi connectivity index (χ3v) is 2.08. The van der Waals surface area contributed by atoms with Gasteiger partial charge in [-0.15, -0.1) is 0 Å². The molecule has 1 rings (SSSR count). The van der Waals surface area contributed by atoms with Gasteiger partial charge in [-0.25, -0.2) is 4.39 Å². The molecule has 0 saturated carbocycles. The lowest BCUT2D eigenvalue weighted by Crippen LogP contribution is -2.16. The van der Waals surface area contributed by atoms with Gasteiger partial charge in [-0.2, -0.15) is 4.39 Å². The SMILES string of the molecule is CN(C)CCCOc1c(N)ccc(F)c1F. The molecule has 90 valence electrons. The minimum atomic E-state index is -1.02. The fraction of sp³-hybridized carbons (Fsp3) is 0.455. The Morgan fingerprint density at radius 2 is 2.00 bits per heavy atom. The summed E-state index contributed by atoms with van der Waals surface area (Å²) in [6, 6.07) is 2.27. The number of ether oxygens (including phenoxy) is 1. The lowest BCUT2D eigenvalue weighted by atomic mass is 10.2. The van der Waals surface area contributed by atoms with Crippen LogP contribution in [0.5, 0.6) is 5.75 Å². The molecule has 3 nitrogen and oxygen atoms in total. The molecule has 5 heteroatoms. The van der Waals surface area contributed by atoms with Crippen molar-refractivity contribution in [3.63, 3.8) is 0 Å². The number of hydrogen-bond donors (Lipinski definition) is 1. The Labute approximate surface area is 93.8 Å². The fourth-order valence-electron chi connectivity index (χ4n) is 1.25. The van der Waals surface area contributed by atoms with E-state index >= 15 is 0 Å². The maximum absolute atomic E-state index is 13.3. The molecule has 0 fully saturated rings. The summed E-state index contributed by atoms with van der Waals surface area (Å²) in [6.07, 6.45) is 0.725. The minimum absolute atomic E-state index is 0.115. The van der Waals surface area contributed by atoms with Crippen molar-refractivity contribution in [3.05, 3.63) is 23.8 Å². The molecule has 0 aliphatic carbocycles. The Balaban J connectivity index is 2.56. The van der Waals surface area contributed by atoms with Gasteiger partial charge in [-0.3, -0.25) is 0 Å². The molecular weight excluding hydrogens is 214 g/mol. The van der Waals surface area contributed by atoms with Crippen LogP contribution in [0.2, 0.25) is 0 Å². The number of anilines is 1. The summed E-state index contributed by atoms with van der Waals surface area (Å²) in [5.74, 6) is -2.17. The van der Waals surface area contributed by atoms with Crippen molar-refractivity contribution in [2.24, 2.45) is 0 Å². The van der Waals surface area contributed by atoms with Crippen molar-refractivity contribution in [2.45, 2.75) is 6.42 Å². The Hall–Kier alpha value is -1.36. The van der Waals surface area contributed by atoms with E-state index in [1.807, 2.05) is 19.0 Å². The normalized spacial score (nSPS) is 10.8. The van der Waals surface area contributed by atoms with Gasteiger partial charge in [0.15, 0.2) is 11.6 Å². The Bertz CT molecular complexity index is 356. The summed E-state index contributed by atoms with van der Waals surface area (Å²) in [7, 11) is 3.86. The Morgan fingerprint density at radius 3 is 2.62 bits per heavy atom. The smallest absolute Gasteiger partial charge is 0.202 e. The van der Waals surface area contributed by atoms with Crippen molar-refractivity contribution in [1.82, 2.24) is 4.90 Å². The second-order valence-electron chi connectivity index (χ2n) is 3.79. The van der Waals surface area contributed by atoms with E-state index in [-0.39, 0.29) is 11.4 Å². The fourth-order valence-corrected chi connectivity index (χ4v) is 1.25. The molecule has 2 N–H and O–H groups in total. The first kappa shape index (κ1) is 12.7. The van der Waals surface area contributed by atoms with E-state index in [2.05, 4.69) is 0 Å². The van der Waals surface area contributed by atoms with Crippen LogP contribution < -0.4 is 10.5 Å². The first-order valence-corrected chi connectivity index (χ1v) is 5.03. The number of nitrogens with zero attached hydrogens (tertiary/aromatic N) is 1. The molecule has 0 radical (unpaired) electrons. The second kappa shape index (κ2) is 5.65. The average Bonchev–Trinajstić information content (AvgIpc) is 2.22. The van der Waals surface area contributed by atoms with Gasteiger partial charge < -0.3 is 15.4 Å². The highest BCUT2D eigenvalue weighted by Crippen LogP contribution is 2.27. The summed E-state index contributed by atoms with van der Waals surface area (Å²) in [5.41, 5.74) is 5.60. The molecule has 0 heterocycles. The highest BCUT2D eigenvalue weighted by molar-refractivity contribution is 5.53. The van der Waals surface area contributed by atoms with E-state index in [0.29, 0.717) is 6.61 Å². The lowest BCUT2D eigenvalue weighted by molar-refractivity contribution is 0.269. The molecule has 16 heavy (non-hydrogen) atoms. The molecule has 0 atom stereocenters. The molecule has 0 spiro atoms. The molecule has 0 aliphatic rings. The molecule has 0 amide bonds. The number of halogens is 2. The van der Waals surface area contributed by atoms with Crippen LogP contribution >= 0.6 is 0 Å². The Morgan fingerprint density at radius 1 is 1.31 bits per heavy atom. The van der Waals surface area contributed by atoms with E-state index in [9.17, 15) is 8.78 Å². The molecule has 0 aromatic heterocycles. The topological polar surface area (TPSA) is 38.5 Å². The zero-order valence-electron chi connectivity index (χ0n) is 9.46. The van der Waals surface area contributed by atoms with Crippen LogP contribution in [0.25, 0.3) is 0 Å². The van der Waals surface area contributed by atoms with Gasteiger partial charge in [0.1, 0.15) is 0 Å². The van der Waals surface area contributed by atoms with Crippen LogP contribution in [0.1, 0.15) is 6.42 Å². The van der Waals surface area contributed by atoms with Crippen LogP contribution in [0, 0.1) is 11.6 Å². The van der Waals surface area contributed by atoms with Gasteiger partial charge in [0.2, 0.25) is 5.82 Å². The minimum Gasteiger partial charge on any atom is -0.488 e. The van der Waals surface area contributed by atoms with Crippen LogP contribution in [-0.2, 0) is 0 Å². The van der Waals surface area contributed by atoms with E-state index in [0.717, 1.165) is 19.0 Å². The van der Waals surface area contributed by atoms with Crippen molar-refractivity contribution in [2.75, 3.05) is 33.0 Å². The number of nitrogen functional groups attached to an aromatic ring is 1. The van der Waals surface area contributed by atoms with Crippen LogP contribution in [-0.4, -0.2) is 32.1 Å². The monoisotopic (exact) mass is 230 g/mol. The third-order valence-electron chi connectivity index (χ3n) is 2.08. The third kappa shape index (κ3) is 3.34. The summed E-state index contributed by atoms with van der Waals surface area (Å²) in [5, 5.41) is 0. The predicted octanol–water partition coefficient (Wildman–Crippen LogP) is 1.88. The summed E-state index contributed by atoms with van der Waals surface area (Å²) < 4.78 is 31.3. The van der Waals surface area contributed by atoms with Crippen LogP contribution in [0.15, 0.2) is 12.1 Å². The number of rotatable bonds is 5. The van der Waals surface area contributed by atoms with Gasteiger partial charge in [0.25, 0.3) is 0 Å². The quantitative estimate of drug-likeness (QED) is 0.620. The standard InChI is InChI=1S/C11H16F2N2O/c1-15(2)6-3-7-16-11-9(14)5-4-8(12)10(11)13/h4-5H,3,6-7,14H2,1-2H3. The van der Waals surface area contributed by atoms with E-state index in [4.69, 9.17) is 10.5 Å². The van der Waals surface area contributed by atoms with E-state index in [1.165, 1.54) is 6.07 Å². The van der Waals surface area contributed by atoms with Crippen molar-refractivity contribution in [1.29, 1.82) is 0 Å². The zero-order valence-corrected chi connectivity index (χ0v) is 9.46. The molecule has 0 unspecified atom stereocenters. The van der Waals surface area contributed by atoms with Gasteiger partial charge in [-0.1, -0.05) is 0 Å². The number of benzene rings is 1. The highest BCUT2D eigenvalue weighted by Gasteiger charge is 2.12. The van der Waals surface area contributed by atoms with E-state index in [1.54, 1.807) is 0 Å². The molecule has 0 aliphatic heterocycles. The summed E-state index contributed by atoms with van der Waals surface area (Å²) in [4.78, 5) is 1.98. The van der Waals surface area contributed by atoms with Gasteiger partial charge >= 0.3 is 0 Å². The summed E-state index contributed by atoms with van der Waals surface area (Å²) in [6.45, 7) is 1.12. The second-order valence-corrected chi connectivity index (χ2v) is 3.79. The maximum Gasteiger partial charge on any atom is 0.202 e. The predicted molar refractivity (Wildman–Crippen MR) is 59.4 cm³/mol. The average molecular weight is 230 g/mol. The first-order chi connectivity index (χ1) is 7.52. The largest absolute Gasteiger partial charge is 0.488 e. The zero-order chi connectivity index (χ0) is 12.1. The van der Waals surface area contributed by atoms with Gasteiger partial charge in [0, 0.05) is 6.54 Å². The summed E-state index contributed by atoms with van der Waals surface area (Å²) >= 11 is 0. The first-order valence-electron chi connectivity index (χ1n) is 5.03. The van der Waals surface area contributed by atoms with Gasteiger partial charge in [0.05, 0.1) is 12.3 Å². The highest BCUT2D eigenvalue weighted by atomic mass is 19.2. The maximum atomic E-state index is 13.3. The van der Waals surface area contributed by atoms with Crippen LogP contribution in [0.3, 0.4) is 0 Å². The number of hydrogen-bond acceptors (Lipinski definition) is 3. The molecular formula is C11H16F2N2O. The van der Waals surface area contributed by atoms with Crippen molar-refractivity contribution >= 4 is 5.69 Å². The van der Waals surface area contributed by atoms with Gasteiger partial charge in [-0.05, 0) is 32.6 Å².